The smallest absolute Gasteiger partial charge is 0.200 e. The zero-order chi connectivity index (χ0) is 25.8. The minimum atomic E-state index is -7.86. The summed E-state index contributed by atoms with van der Waals surface area (Å²) in [4.78, 5) is 0. The maximum atomic E-state index is 13.7. The van der Waals surface area contributed by atoms with E-state index in [1.165, 1.54) is 0 Å². The van der Waals surface area contributed by atoms with Crippen LogP contribution in [0.4, 0.5) is 57.1 Å². The Morgan fingerprint density at radius 2 is 0.938 bits per heavy atom. The highest BCUT2D eigenvalue weighted by Gasteiger charge is 2.90. The van der Waals surface area contributed by atoms with E-state index in [0.717, 1.165) is 19.3 Å². The lowest BCUT2D eigenvalue weighted by Gasteiger charge is -2.39. The second-order valence-corrected chi connectivity index (χ2v) is 8.64. The van der Waals surface area contributed by atoms with Gasteiger partial charge >= 0.3 is 35.8 Å². The number of rotatable bonds is 14. The molecule has 0 aliphatic carbocycles. The molecule has 0 bridgehead atoms. The Morgan fingerprint density at radius 1 is 0.531 bits per heavy atom. The van der Waals surface area contributed by atoms with Gasteiger partial charge in [-0.3, -0.25) is 0 Å². The van der Waals surface area contributed by atoms with Crippen molar-refractivity contribution < 1.29 is 57.1 Å². The van der Waals surface area contributed by atoms with Gasteiger partial charge in [0.2, 0.25) is 0 Å². The first kappa shape index (κ1) is 31.4. The van der Waals surface area contributed by atoms with Gasteiger partial charge in [-0.05, 0) is 18.8 Å². The summed E-state index contributed by atoms with van der Waals surface area (Å²) in [5.41, 5.74) is 0. The lowest BCUT2D eigenvalue weighted by Crippen LogP contribution is -2.70. The van der Waals surface area contributed by atoms with Crippen LogP contribution in [0.1, 0.15) is 65.2 Å². The van der Waals surface area contributed by atoms with Crippen LogP contribution in [0.3, 0.4) is 0 Å². The van der Waals surface area contributed by atoms with Crippen LogP contribution in [-0.4, -0.2) is 41.2 Å². The minimum absolute atomic E-state index is 0.0103. The quantitative estimate of drug-likeness (QED) is 0.121. The third kappa shape index (κ3) is 6.71. The van der Waals surface area contributed by atoms with E-state index in [1.54, 1.807) is 0 Å². The van der Waals surface area contributed by atoms with Crippen LogP contribution >= 0.6 is 11.6 Å². The maximum Gasteiger partial charge on any atom is 0.460 e. The summed E-state index contributed by atoms with van der Waals surface area (Å²) < 4.78 is 169. The highest BCUT2D eigenvalue weighted by atomic mass is 35.5. The van der Waals surface area contributed by atoms with E-state index in [2.05, 4.69) is 0 Å². The molecule has 1 atom stereocenters. The molecule has 0 aromatic carbocycles. The van der Waals surface area contributed by atoms with Crippen LogP contribution in [-0.2, 0) is 0 Å². The molecule has 0 spiro atoms. The van der Waals surface area contributed by atoms with Gasteiger partial charge in [0.25, 0.3) is 0 Å². The fourth-order valence-corrected chi connectivity index (χ4v) is 2.98. The first-order chi connectivity index (χ1) is 14.1. The first-order valence-electron chi connectivity index (χ1n) is 9.66. The summed E-state index contributed by atoms with van der Waals surface area (Å²) in [6.45, 7) is 3.99. The predicted octanol–water partition coefficient (Wildman–Crippen LogP) is 9.11. The molecule has 0 saturated carbocycles. The third-order valence-corrected chi connectivity index (χ3v) is 5.26. The third-order valence-electron chi connectivity index (χ3n) is 4.82. The topological polar surface area (TPSA) is 0 Å². The molecular weight excluding hydrogens is 499 g/mol. The molecule has 0 fully saturated rings. The van der Waals surface area contributed by atoms with Crippen LogP contribution in [0.15, 0.2) is 0 Å². The summed E-state index contributed by atoms with van der Waals surface area (Å²) in [6.07, 6.45) is -7.23. The van der Waals surface area contributed by atoms with Gasteiger partial charge in [-0.2, -0.15) is 57.1 Å². The Labute approximate surface area is 181 Å². The Kier molecular flexibility index (Phi) is 10.5. The van der Waals surface area contributed by atoms with Crippen molar-refractivity contribution in [3.8, 4) is 0 Å². The summed E-state index contributed by atoms with van der Waals surface area (Å²) >= 11 is 5.65. The van der Waals surface area contributed by atoms with E-state index in [9.17, 15) is 57.1 Å². The van der Waals surface area contributed by atoms with Crippen molar-refractivity contribution in [3.63, 3.8) is 0 Å². The van der Waals surface area contributed by atoms with Crippen LogP contribution < -0.4 is 0 Å². The second kappa shape index (κ2) is 10.8. The van der Waals surface area contributed by atoms with Crippen molar-refractivity contribution in [2.24, 2.45) is 5.92 Å². The van der Waals surface area contributed by atoms with Gasteiger partial charge in [0, 0.05) is 11.8 Å². The zero-order valence-electron chi connectivity index (χ0n) is 17.1. The normalized spacial score (nSPS) is 16.0. The zero-order valence-corrected chi connectivity index (χ0v) is 17.9. The Balaban J connectivity index is 5.16. The number of hydrogen-bond donors (Lipinski definition) is 0. The average molecular weight is 523 g/mol. The molecule has 0 saturated heterocycles. The minimum Gasteiger partial charge on any atom is -0.200 e. The van der Waals surface area contributed by atoms with Gasteiger partial charge in [-0.1, -0.05) is 46.0 Å². The summed E-state index contributed by atoms with van der Waals surface area (Å²) in [7, 11) is 0. The monoisotopic (exact) mass is 522 g/mol. The van der Waals surface area contributed by atoms with Crippen molar-refractivity contribution in [2.75, 3.05) is 0 Å². The van der Waals surface area contributed by atoms with Gasteiger partial charge in [0.15, 0.2) is 0 Å². The van der Waals surface area contributed by atoms with Crippen LogP contribution in [0, 0.1) is 5.92 Å². The Bertz CT molecular complexity index is 570. The molecule has 0 aromatic rings. The first-order valence-corrected chi connectivity index (χ1v) is 10.1. The Hall–Kier alpha value is -0.620. The van der Waals surface area contributed by atoms with Crippen molar-refractivity contribution in [2.45, 2.75) is 106 Å². The predicted molar refractivity (Wildman–Crippen MR) is 92.2 cm³/mol. The number of halogens is 14. The standard InChI is InChI=1S/C18H24ClF13/c1-11(2)7-5-3-4-6-8-12(19)9-10-13(20,21)14(22,23)15(24,25)16(26,27)17(28,29)18(30,31)32/h11-12H,3-10H2,1-2H3. The molecule has 0 amide bonds. The van der Waals surface area contributed by atoms with Crippen molar-refractivity contribution in [3.05, 3.63) is 0 Å². The molecule has 0 nitrogen and oxygen atoms in total. The lowest BCUT2D eigenvalue weighted by molar-refractivity contribution is -0.440. The molecule has 194 valence electrons. The van der Waals surface area contributed by atoms with E-state index in [4.69, 9.17) is 11.6 Å². The van der Waals surface area contributed by atoms with Crippen LogP contribution in [0.5, 0.6) is 0 Å². The molecule has 0 aromatic heterocycles. The molecule has 32 heavy (non-hydrogen) atoms. The van der Waals surface area contributed by atoms with E-state index in [1.807, 2.05) is 13.8 Å². The van der Waals surface area contributed by atoms with Crippen LogP contribution in [0.2, 0.25) is 0 Å². The number of alkyl halides is 14. The maximum absolute atomic E-state index is 13.7. The molecule has 0 heterocycles. The van der Waals surface area contributed by atoms with E-state index < -0.39 is 54.0 Å². The van der Waals surface area contributed by atoms with E-state index in [-0.39, 0.29) is 6.42 Å². The van der Waals surface area contributed by atoms with Gasteiger partial charge < -0.3 is 0 Å². The van der Waals surface area contributed by atoms with Crippen molar-refractivity contribution in [1.82, 2.24) is 0 Å². The van der Waals surface area contributed by atoms with E-state index >= 15 is 0 Å². The fraction of sp³-hybridized carbons (Fsp3) is 1.00. The highest BCUT2D eigenvalue weighted by Crippen LogP contribution is 2.60. The van der Waals surface area contributed by atoms with Gasteiger partial charge in [0.1, 0.15) is 0 Å². The van der Waals surface area contributed by atoms with Gasteiger partial charge in [0.05, 0.1) is 0 Å². The fourth-order valence-electron chi connectivity index (χ4n) is 2.71. The molecular formula is C18H24ClF13. The molecule has 0 N–H and O–H groups in total. The molecule has 1 unspecified atom stereocenters. The molecule has 0 rings (SSSR count). The van der Waals surface area contributed by atoms with Crippen LogP contribution in [0.25, 0.3) is 0 Å². The number of hydrogen-bond acceptors (Lipinski definition) is 0. The average Bonchev–Trinajstić information content (AvgIpc) is 2.61. The molecule has 0 aliphatic rings. The largest absolute Gasteiger partial charge is 0.460 e. The highest BCUT2D eigenvalue weighted by molar-refractivity contribution is 6.20. The lowest BCUT2D eigenvalue weighted by atomic mass is 9.91. The Morgan fingerprint density at radius 3 is 1.34 bits per heavy atom. The van der Waals surface area contributed by atoms with Gasteiger partial charge in [-0.15, -0.1) is 11.6 Å². The van der Waals surface area contributed by atoms with E-state index in [0.29, 0.717) is 18.8 Å². The van der Waals surface area contributed by atoms with Crippen molar-refractivity contribution in [1.29, 1.82) is 0 Å². The SMILES string of the molecule is CC(C)CCCCCCC(Cl)CCC(F)(F)C(F)(F)C(F)(F)C(F)(F)C(F)(F)C(F)(F)F. The van der Waals surface area contributed by atoms with Gasteiger partial charge in [-0.25, -0.2) is 0 Å². The molecule has 0 radical (unpaired) electrons. The second-order valence-electron chi connectivity index (χ2n) is 8.02. The number of unbranched alkanes of at least 4 members (excludes halogenated alkanes) is 3. The summed E-state index contributed by atoms with van der Waals surface area (Å²) in [5.74, 6) is -36.1. The van der Waals surface area contributed by atoms with Crippen molar-refractivity contribution >= 4 is 11.6 Å². The molecule has 14 heteroatoms. The summed E-state index contributed by atoms with van der Waals surface area (Å²) in [6, 6.07) is 0. The summed E-state index contributed by atoms with van der Waals surface area (Å²) in [5, 5.41) is -1.26. The molecule has 0 aliphatic heterocycles.